The maximum atomic E-state index is 10.4. The Hall–Kier alpha value is -0.340. The maximum absolute atomic E-state index is 10.4. The molecule has 5 atom stereocenters. The molecule has 2 saturated heterocycles. The van der Waals surface area contributed by atoms with E-state index >= 15 is 0 Å². The summed E-state index contributed by atoms with van der Waals surface area (Å²) in [5.41, 5.74) is 1.13. The molecule has 1 spiro atoms. The van der Waals surface area contributed by atoms with Gasteiger partial charge in [-0.3, -0.25) is 0 Å². The van der Waals surface area contributed by atoms with Crippen LogP contribution in [0.2, 0.25) is 0 Å². The van der Waals surface area contributed by atoms with E-state index in [4.69, 9.17) is 4.74 Å². The molecule has 1 saturated carbocycles. The summed E-state index contributed by atoms with van der Waals surface area (Å²) in [4.78, 5) is 0. The summed E-state index contributed by atoms with van der Waals surface area (Å²) in [5.74, 6) is 0.540. The lowest BCUT2D eigenvalue weighted by Crippen LogP contribution is -2.70. The molecule has 96 valence electrons. The predicted molar refractivity (Wildman–Crippen MR) is 67.7 cm³/mol. The van der Waals surface area contributed by atoms with Gasteiger partial charge in [0, 0.05) is 5.41 Å². The van der Waals surface area contributed by atoms with Crippen molar-refractivity contribution in [2.24, 2.45) is 11.3 Å². The Labute approximate surface area is 104 Å². The number of hydrogen-bond acceptors (Lipinski definition) is 2. The van der Waals surface area contributed by atoms with Crippen LogP contribution in [0.1, 0.15) is 53.4 Å². The lowest BCUT2D eigenvalue weighted by atomic mass is 9.49. The van der Waals surface area contributed by atoms with E-state index in [0.29, 0.717) is 5.92 Å². The third kappa shape index (κ3) is 1.18. The molecule has 17 heavy (non-hydrogen) atoms. The van der Waals surface area contributed by atoms with Crippen LogP contribution in [-0.2, 0) is 4.74 Å². The van der Waals surface area contributed by atoms with Gasteiger partial charge in [-0.2, -0.15) is 0 Å². The molecule has 2 heterocycles. The molecule has 1 N–H and O–H groups in total. The highest BCUT2D eigenvalue weighted by Gasteiger charge is 2.66. The van der Waals surface area contributed by atoms with E-state index in [0.717, 1.165) is 19.3 Å². The summed E-state index contributed by atoms with van der Waals surface area (Å²) in [6, 6.07) is 0. The fourth-order valence-electron chi connectivity index (χ4n) is 4.52. The van der Waals surface area contributed by atoms with E-state index in [-0.39, 0.29) is 22.7 Å². The van der Waals surface area contributed by atoms with Crippen LogP contribution in [-0.4, -0.2) is 22.4 Å². The summed E-state index contributed by atoms with van der Waals surface area (Å²) >= 11 is 0. The Morgan fingerprint density at radius 2 is 2.06 bits per heavy atom. The zero-order valence-corrected chi connectivity index (χ0v) is 11.4. The number of aliphatic hydroxyl groups excluding tert-OH is 1. The maximum Gasteiger partial charge on any atom is 0.0920 e. The van der Waals surface area contributed by atoms with Crippen molar-refractivity contribution < 1.29 is 9.84 Å². The van der Waals surface area contributed by atoms with E-state index in [2.05, 4.69) is 33.8 Å². The molecule has 0 radical (unpaired) electrons. The molecule has 4 aliphatic rings. The molecule has 2 aliphatic heterocycles. The van der Waals surface area contributed by atoms with Crippen LogP contribution in [0.4, 0.5) is 0 Å². The lowest BCUT2D eigenvalue weighted by Gasteiger charge is -2.67. The first-order valence-corrected chi connectivity index (χ1v) is 6.90. The largest absolute Gasteiger partial charge is 0.390 e. The van der Waals surface area contributed by atoms with Crippen molar-refractivity contribution >= 4 is 0 Å². The van der Waals surface area contributed by atoms with Gasteiger partial charge in [0.1, 0.15) is 0 Å². The molecular formula is C15H24O2. The van der Waals surface area contributed by atoms with Crippen molar-refractivity contribution in [3.8, 4) is 0 Å². The number of aliphatic hydroxyl groups is 1. The van der Waals surface area contributed by atoms with Gasteiger partial charge in [0.15, 0.2) is 0 Å². The fraction of sp³-hybridized carbons (Fsp3) is 0.867. The van der Waals surface area contributed by atoms with Crippen molar-refractivity contribution in [3.05, 3.63) is 11.6 Å². The van der Waals surface area contributed by atoms with E-state index in [1.165, 1.54) is 12.0 Å². The quantitative estimate of drug-likeness (QED) is 0.655. The highest BCUT2D eigenvalue weighted by Crippen LogP contribution is 2.65. The van der Waals surface area contributed by atoms with Crippen LogP contribution in [0, 0.1) is 11.3 Å². The minimum absolute atomic E-state index is 0.0852. The topological polar surface area (TPSA) is 29.5 Å². The molecular weight excluding hydrogens is 212 g/mol. The van der Waals surface area contributed by atoms with Gasteiger partial charge in [0.05, 0.1) is 17.3 Å². The number of allylic oxidation sites excluding steroid dienone is 1. The first-order chi connectivity index (χ1) is 7.84. The molecule has 0 aromatic heterocycles. The van der Waals surface area contributed by atoms with Gasteiger partial charge >= 0.3 is 0 Å². The normalized spacial score (nSPS) is 57.6. The SMILES string of the molecule is CC1=CC[C@H](C)[C@@]2(C)O[C@]3(C)CC[C@]12C[C@H]3O. The molecule has 0 unspecified atom stereocenters. The van der Waals surface area contributed by atoms with Crippen molar-refractivity contribution in [3.63, 3.8) is 0 Å². The highest BCUT2D eigenvalue weighted by molar-refractivity contribution is 5.30. The van der Waals surface area contributed by atoms with Crippen molar-refractivity contribution in [1.29, 1.82) is 0 Å². The summed E-state index contributed by atoms with van der Waals surface area (Å²) in [6.45, 7) is 8.89. The summed E-state index contributed by atoms with van der Waals surface area (Å²) in [6.07, 6.45) is 6.21. The Kier molecular flexibility index (Phi) is 2.18. The molecule has 3 fully saturated rings. The Bertz CT molecular complexity index is 388. The van der Waals surface area contributed by atoms with Crippen LogP contribution in [0.5, 0.6) is 0 Å². The standard InChI is InChI=1S/C15H24O2/c1-10-5-6-11(2)15-8-7-13(3,12(16)9-15)17-14(10,15)4/h6,10,12,16H,5,7-9H2,1-4H3/t10-,12+,13+,14+,15-/m0/s1. The zero-order valence-electron chi connectivity index (χ0n) is 11.4. The predicted octanol–water partition coefficient (Wildman–Crippen LogP) is 3.05. The first-order valence-electron chi connectivity index (χ1n) is 6.90. The summed E-state index contributed by atoms with van der Waals surface area (Å²) in [7, 11) is 0. The van der Waals surface area contributed by atoms with Gasteiger partial charge in [-0.1, -0.05) is 18.6 Å². The molecule has 0 aromatic carbocycles. The third-order valence-electron chi connectivity index (χ3n) is 6.16. The Morgan fingerprint density at radius 1 is 1.35 bits per heavy atom. The van der Waals surface area contributed by atoms with Gasteiger partial charge in [-0.05, 0) is 52.4 Å². The molecule has 2 bridgehead atoms. The number of rotatable bonds is 0. The summed E-state index contributed by atoms with van der Waals surface area (Å²) < 4.78 is 6.46. The lowest BCUT2D eigenvalue weighted by molar-refractivity contribution is -0.322. The third-order valence-corrected chi connectivity index (χ3v) is 6.16. The number of fused-ring (bicyclic) bond motifs is 2. The average molecular weight is 236 g/mol. The molecule has 2 aliphatic carbocycles. The number of hydrogen-bond donors (Lipinski definition) is 1. The Balaban J connectivity index is 2.14. The fourth-order valence-corrected chi connectivity index (χ4v) is 4.52. The van der Waals surface area contributed by atoms with Gasteiger partial charge in [0.25, 0.3) is 0 Å². The van der Waals surface area contributed by atoms with E-state index in [9.17, 15) is 5.11 Å². The Morgan fingerprint density at radius 3 is 2.71 bits per heavy atom. The van der Waals surface area contributed by atoms with Crippen LogP contribution in [0.25, 0.3) is 0 Å². The van der Waals surface area contributed by atoms with Gasteiger partial charge in [0.2, 0.25) is 0 Å². The molecule has 2 heteroatoms. The van der Waals surface area contributed by atoms with Gasteiger partial charge in [-0.15, -0.1) is 0 Å². The summed E-state index contributed by atoms with van der Waals surface area (Å²) in [5, 5.41) is 10.4. The van der Waals surface area contributed by atoms with E-state index in [1.54, 1.807) is 0 Å². The second-order valence-electron chi connectivity index (χ2n) is 6.85. The van der Waals surface area contributed by atoms with E-state index < -0.39 is 0 Å². The minimum Gasteiger partial charge on any atom is -0.390 e. The molecule has 4 rings (SSSR count). The first kappa shape index (κ1) is 11.7. The molecule has 2 nitrogen and oxygen atoms in total. The molecule has 0 aromatic rings. The van der Waals surface area contributed by atoms with Crippen LogP contribution in [0.15, 0.2) is 11.6 Å². The van der Waals surface area contributed by atoms with E-state index in [1.807, 2.05) is 0 Å². The van der Waals surface area contributed by atoms with Crippen LogP contribution < -0.4 is 0 Å². The van der Waals surface area contributed by atoms with Crippen molar-refractivity contribution in [2.45, 2.75) is 70.7 Å². The molecule has 0 amide bonds. The minimum atomic E-state index is -0.317. The second kappa shape index (κ2) is 3.16. The average Bonchev–Trinajstić information content (AvgIpc) is 2.26. The zero-order chi connectivity index (χ0) is 12.5. The van der Waals surface area contributed by atoms with Crippen molar-refractivity contribution in [2.75, 3.05) is 0 Å². The van der Waals surface area contributed by atoms with Gasteiger partial charge in [-0.25, -0.2) is 0 Å². The van der Waals surface area contributed by atoms with Crippen molar-refractivity contribution in [1.82, 2.24) is 0 Å². The van der Waals surface area contributed by atoms with Gasteiger partial charge < -0.3 is 9.84 Å². The van der Waals surface area contributed by atoms with Crippen LogP contribution in [0.3, 0.4) is 0 Å². The monoisotopic (exact) mass is 236 g/mol. The second-order valence-corrected chi connectivity index (χ2v) is 6.85. The smallest absolute Gasteiger partial charge is 0.0920 e. The van der Waals surface area contributed by atoms with Crippen LogP contribution >= 0.6 is 0 Å². The highest BCUT2D eigenvalue weighted by atomic mass is 16.5. The number of ether oxygens (including phenoxy) is 1.